The first-order valence-electron chi connectivity index (χ1n) is 14.3. The van der Waals surface area contributed by atoms with Gasteiger partial charge >= 0.3 is 0 Å². The normalized spacial score (nSPS) is 15.0. The molecule has 45 heavy (non-hydrogen) atoms. The highest BCUT2D eigenvalue weighted by Gasteiger charge is 2.45. The predicted octanol–water partition coefficient (Wildman–Crippen LogP) is 8.10. The molecule has 0 radical (unpaired) electrons. The number of aliphatic hydroxyl groups is 1. The molecule has 11 heteroatoms. The Balaban J connectivity index is 1.48. The van der Waals surface area contributed by atoms with Crippen LogP contribution >= 0.6 is 34.7 Å². The fraction of sp³-hybridized carbons (Fsp3) is 0.235. The number of ether oxygens (including phenoxy) is 2. The summed E-state index contributed by atoms with van der Waals surface area (Å²) in [4.78, 5) is 28.6. The molecule has 0 aliphatic carbocycles. The number of benzene rings is 3. The molecule has 0 fully saturated rings. The molecular weight excluding hydrogens is 630 g/mol. The molecule has 4 aromatic rings. The topological polar surface area (TPSA) is 102 Å². The number of aliphatic hydroxyl groups excluding tert-OH is 1. The van der Waals surface area contributed by atoms with Crippen molar-refractivity contribution in [2.45, 2.75) is 36.4 Å². The van der Waals surface area contributed by atoms with Crippen LogP contribution in [0.4, 0.5) is 5.13 Å². The zero-order chi connectivity index (χ0) is 31.9. The molecule has 8 nitrogen and oxygen atoms in total. The molecule has 0 bridgehead atoms. The summed E-state index contributed by atoms with van der Waals surface area (Å²) in [5, 5.41) is 20.6. The Labute approximate surface area is 275 Å². The lowest BCUT2D eigenvalue weighted by Crippen LogP contribution is -2.30. The summed E-state index contributed by atoms with van der Waals surface area (Å²) < 4.78 is 12.2. The predicted molar refractivity (Wildman–Crippen MR) is 179 cm³/mol. The third-order valence-electron chi connectivity index (χ3n) is 7.03. The van der Waals surface area contributed by atoms with Gasteiger partial charge in [0.15, 0.2) is 27.4 Å². The lowest BCUT2D eigenvalue weighted by atomic mass is 9.95. The third-order valence-corrected chi connectivity index (χ3v) is 9.41. The lowest BCUT2D eigenvalue weighted by molar-refractivity contribution is -0.117. The highest BCUT2D eigenvalue weighted by Crippen LogP contribution is 2.45. The monoisotopic (exact) mass is 661 g/mol. The molecule has 1 aliphatic heterocycles. The third kappa shape index (κ3) is 7.76. The molecule has 0 spiro atoms. The van der Waals surface area contributed by atoms with Crippen LogP contribution in [0.15, 0.2) is 94.5 Å². The number of rotatable bonds is 13. The van der Waals surface area contributed by atoms with E-state index in [1.54, 1.807) is 24.3 Å². The number of halogens is 1. The van der Waals surface area contributed by atoms with E-state index in [-0.39, 0.29) is 10.7 Å². The molecule has 232 valence electrons. The van der Waals surface area contributed by atoms with E-state index in [9.17, 15) is 14.7 Å². The number of amides is 1. The quantitative estimate of drug-likeness (QED) is 0.0871. The summed E-state index contributed by atoms with van der Waals surface area (Å²) in [6, 6.07) is 21.1. The van der Waals surface area contributed by atoms with E-state index in [4.69, 9.17) is 21.1 Å². The second kappa shape index (κ2) is 14.8. The zero-order valence-electron chi connectivity index (χ0n) is 25.0. The Morgan fingerprint density at radius 2 is 1.84 bits per heavy atom. The van der Waals surface area contributed by atoms with E-state index in [0.29, 0.717) is 44.7 Å². The maximum atomic E-state index is 13.7. The number of allylic oxidation sites excluding steroid dienone is 1. The van der Waals surface area contributed by atoms with Gasteiger partial charge in [0.1, 0.15) is 0 Å². The van der Waals surface area contributed by atoms with Gasteiger partial charge in [-0.2, -0.15) is 0 Å². The van der Waals surface area contributed by atoms with Gasteiger partial charge in [-0.15, -0.1) is 10.2 Å². The standard InChI is InChI=1S/C34H32ClN3O5S2/c1-21(2)17-18-43-27-16-12-24(19-28(27)42-3)30-29(26(39)15-11-22-7-5-4-6-8-22)31(40)32(41)38(30)33-36-37-34(45-33)44-20-23-9-13-25(35)14-10-23/h4-16,19,21,30,40H,17-18,20H2,1-3H3/b15-11+. The Morgan fingerprint density at radius 1 is 1.09 bits per heavy atom. The van der Waals surface area contributed by atoms with Gasteiger partial charge in [-0.1, -0.05) is 103 Å². The highest BCUT2D eigenvalue weighted by molar-refractivity contribution is 8.00. The van der Waals surface area contributed by atoms with Crippen LogP contribution in [0.1, 0.15) is 43.0 Å². The van der Waals surface area contributed by atoms with E-state index in [1.807, 2.05) is 54.6 Å². The Bertz CT molecular complexity index is 1720. The molecule has 1 aromatic heterocycles. The van der Waals surface area contributed by atoms with Crippen molar-refractivity contribution in [1.29, 1.82) is 0 Å². The summed E-state index contributed by atoms with van der Waals surface area (Å²) in [7, 11) is 1.53. The van der Waals surface area contributed by atoms with Crippen LogP contribution in [0, 0.1) is 5.92 Å². The average molecular weight is 662 g/mol. The number of hydrogen-bond donors (Lipinski definition) is 1. The summed E-state index contributed by atoms with van der Waals surface area (Å²) in [6.07, 6.45) is 3.88. The van der Waals surface area contributed by atoms with E-state index in [2.05, 4.69) is 24.0 Å². The van der Waals surface area contributed by atoms with E-state index in [1.165, 1.54) is 41.2 Å². The van der Waals surface area contributed by atoms with Crippen LogP contribution in [0.3, 0.4) is 0 Å². The van der Waals surface area contributed by atoms with E-state index >= 15 is 0 Å². The van der Waals surface area contributed by atoms with Gasteiger partial charge in [-0.25, -0.2) is 0 Å². The Hall–Kier alpha value is -4.12. The molecule has 2 heterocycles. The number of nitrogens with zero attached hydrogens (tertiary/aromatic N) is 3. The Morgan fingerprint density at radius 3 is 2.56 bits per heavy atom. The molecule has 0 saturated carbocycles. The van der Waals surface area contributed by atoms with Crippen molar-refractivity contribution < 1.29 is 24.2 Å². The maximum Gasteiger partial charge on any atom is 0.296 e. The van der Waals surface area contributed by atoms with Gasteiger partial charge in [0.05, 0.1) is 25.3 Å². The smallest absolute Gasteiger partial charge is 0.296 e. The largest absolute Gasteiger partial charge is 0.503 e. The number of ketones is 1. The lowest BCUT2D eigenvalue weighted by Gasteiger charge is -2.24. The summed E-state index contributed by atoms with van der Waals surface area (Å²) in [5.41, 5.74) is 2.34. The van der Waals surface area contributed by atoms with Crippen molar-refractivity contribution in [3.05, 3.63) is 112 Å². The number of carbonyl (C=O) groups is 2. The first kappa shape index (κ1) is 32.3. The number of hydrogen-bond acceptors (Lipinski definition) is 9. The first-order valence-corrected chi connectivity index (χ1v) is 16.5. The fourth-order valence-corrected chi connectivity index (χ4v) is 6.61. The van der Waals surface area contributed by atoms with Crippen LogP contribution in [-0.4, -0.2) is 40.7 Å². The number of carbonyl (C=O) groups excluding carboxylic acids is 2. The molecule has 1 atom stereocenters. The van der Waals surface area contributed by atoms with Crippen LogP contribution < -0.4 is 14.4 Å². The second-order valence-corrected chi connectivity index (χ2v) is 13.3. The minimum atomic E-state index is -0.980. The van der Waals surface area contributed by atoms with Crippen molar-refractivity contribution >= 4 is 57.6 Å². The molecule has 1 unspecified atom stereocenters. The summed E-state index contributed by atoms with van der Waals surface area (Å²) >= 11 is 8.67. The van der Waals surface area contributed by atoms with Gasteiger partial charge in [0.2, 0.25) is 5.13 Å². The van der Waals surface area contributed by atoms with Crippen molar-refractivity contribution in [1.82, 2.24) is 10.2 Å². The number of anilines is 1. The van der Waals surface area contributed by atoms with Gasteiger partial charge in [0, 0.05) is 10.8 Å². The van der Waals surface area contributed by atoms with Crippen molar-refractivity contribution in [2.75, 3.05) is 18.6 Å². The second-order valence-electron chi connectivity index (χ2n) is 10.7. The van der Waals surface area contributed by atoms with Crippen LogP contribution in [-0.2, 0) is 15.3 Å². The molecule has 5 rings (SSSR count). The van der Waals surface area contributed by atoms with Gasteiger partial charge in [0.25, 0.3) is 5.91 Å². The van der Waals surface area contributed by atoms with Gasteiger partial charge in [-0.05, 0) is 59.4 Å². The van der Waals surface area contributed by atoms with Gasteiger partial charge < -0.3 is 14.6 Å². The molecule has 1 N–H and O–H groups in total. The highest BCUT2D eigenvalue weighted by atomic mass is 35.5. The number of methoxy groups -OCH3 is 1. The van der Waals surface area contributed by atoms with Gasteiger partial charge in [-0.3, -0.25) is 14.5 Å². The van der Waals surface area contributed by atoms with Crippen molar-refractivity contribution in [3.63, 3.8) is 0 Å². The summed E-state index contributed by atoms with van der Waals surface area (Å²) in [6.45, 7) is 4.75. The van der Waals surface area contributed by atoms with Crippen LogP contribution in [0.25, 0.3) is 6.08 Å². The molecular formula is C34H32ClN3O5S2. The molecule has 0 saturated heterocycles. The van der Waals surface area contributed by atoms with Crippen LogP contribution in [0.5, 0.6) is 11.5 Å². The SMILES string of the molecule is COc1cc(C2C(C(=O)/C=C/c3ccccc3)=C(O)C(=O)N2c2nnc(SCc3ccc(Cl)cc3)s2)ccc1OCCC(C)C. The fourth-order valence-electron chi connectivity index (χ4n) is 4.66. The van der Waals surface area contributed by atoms with E-state index in [0.717, 1.165) is 17.5 Å². The summed E-state index contributed by atoms with van der Waals surface area (Å²) in [5.74, 6) is 0.201. The molecule has 1 amide bonds. The molecule has 1 aliphatic rings. The average Bonchev–Trinajstić information content (AvgIpc) is 3.61. The zero-order valence-corrected chi connectivity index (χ0v) is 27.4. The minimum absolute atomic E-state index is 0.0618. The Kier molecular flexibility index (Phi) is 10.6. The maximum absolute atomic E-state index is 13.7. The first-order chi connectivity index (χ1) is 21.7. The number of aromatic nitrogens is 2. The molecule has 3 aromatic carbocycles. The van der Waals surface area contributed by atoms with E-state index < -0.39 is 23.5 Å². The van der Waals surface area contributed by atoms with Crippen LogP contribution in [0.2, 0.25) is 5.02 Å². The van der Waals surface area contributed by atoms with Crippen molar-refractivity contribution in [2.24, 2.45) is 5.92 Å². The number of thioether (sulfide) groups is 1. The minimum Gasteiger partial charge on any atom is -0.503 e. The van der Waals surface area contributed by atoms with Crippen molar-refractivity contribution in [3.8, 4) is 11.5 Å².